The first-order valence-electron chi connectivity index (χ1n) is 9.40. The van der Waals surface area contributed by atoms with Gasteiger partial charge in [-0.3, -0.25) is 9.59 Å². The van der Waals surface area contributed by atoms with E-state index in [1.54, 1.807) is 19.2 Å². The number of esters is 1. The molecule has 2 N–H and O–H groups in total. The number of likely N-dealkylation sites (tertiary alicyclic amines) is 1. The summed E-state index contributed by atoms with van der Waals surface area (Å²) in [7, 11) is 2.97. The van der Waals surface area contributed by atoms with E-state index < -0.39 is 5.97 Å². The van der Waals surface area contributed by atoms with Crippen molar-refractivity contribution in [3.05, 3.63) is 29.3 Å². The van der Waals surface area contributed by atoms with E-state index in [4.69, 9.17) is 4.74 Å². The molecule has 2 atom stereocenters. The number of quaternary nitrogens is 1. The standard InChI is InChI=1S/C20H29N3O4.HI/c1-5-23(11-7-9-15(12-23)19(25)21-3)13-17(24)22-18-14(2)8-6-10-16(18)20(26)27-4;/h6,8,10,15H,5,7,9,11-13H2,1-4H3,(H-,21,22,24,25,26);1H. The Hall–Kier alpha value is -1.68. The topological polar surface area (TPSA) is 84.5 Å². The van der Waals surface area contributed by atoms with E-state index in [2.05, 4.69) is 10.6 Å². The highest BCUT2D eigenvalue weighted by Gasteiger charge is 2.38. The van der Waals surface area contributed by atoms with Crippen LogP contribution in [0.25, 0.3) is 0 Å². The number of nitrogens with zero attached hydrogens (tertiary/aromatic N) is 1. The van der Waals surface area contributed by atoms with Crippen LogP contribution in [-0.2, 0) is 14.3 Å². The first-order valence-corrected chi connectivity index (χ1v) is 9.40. The molecule has 1 fully saturated rings. The Kier molecular flexibility index (Phi) is 9.35. The van der Waals surface area contributed by atoms with Crippen molar-refractivity contribution >= 4 is 23.5 Å². The SMILES string of the molecule is CC[N+]1(CC(=O)Nc2c(C)cccc2C(=O)OC)CCCC(C(=O)NC)C1.[I-]. The maximum atomic E-state index is 12.8. The van der Waals surface area contributed by atoms with Crippen LogP contribution in [0.2, 0.25) is 0 Å². The predicted octanol–water partition coefficient (Wildman–Crippen LogP) is -1.28. The van der Waals surface area contributed by atoms with E-state index in [-0.39, 0.29) is 48.3 Å². The quantitative estimate of drug-likeness (QED) is 0.288. The number of aryl methyl sites for hydroxylation is 1. The Bertz CT molecular complexity index is 725. The lowest BCUT2D eigenvalue weighted by atomic mass is 9.94. The molecule has 2 amide bonds. The van der Waals surface area contributed by atoms with Crippen LogP contribution >= 0.6 is 0 Å². The summed E-state index contributed by atoms with van der Waals surface area (Å²) in [4.78, 5) is 36.9. The molecule has 0 aromatic heterocycles. The first-order chi connectivity index (χ1) is 12.9. The van der Waals surface area contributed by atoms with Gasteiger partial charge in [-0.2, -0.15) is 0 Å². The molecule has 0 aliphatic carbocycles. The molecule has 2 unspecified atom stereocenters. The summed E-state index contributed by atoms with van der Waals surface area (Å²) in [5, 5.41) is 5.63. The van der Waals surface area contributed by atoms with Crippen LogP contribution in [0.3, 0.4) is 0 Å². The van der Waals surface area contributed by atoms with Crippen molar-refractivity contribution in [2.75, 3.05) is 45.7 Å². The molecule has 1 aliphatic heterocycles. The highest BCUT2D eigenvalue weighted by atomic mass is 127. The monoisotopic (exact) mass is 503 g/mol. The lowest BCUT2D eigenvalue weighted by Crippen LogP contribution is -3.00. The molecule has 0 saturated carbocycles. The van der Waals surface area contributed by atoms with E-state index in [9.17, 15) is 14.4 Å². The van der Waals surface area contributed by atoms with Crippen molar-refractivity contribution < 1.29 is 47.6 Å². The second-order valence-corrected chi connectivity index (χ2v) is 7.21. The molecule has 2 rings (SSSR count). The third-order valence-electron chi connectivity index (χ3n) is 5.50. The Morgan fingerprint density at radius 2 is 2.00 bits per heavy atom. The van der Waals surface area contributed by atoms with Gasteiger partial charge in [0.1, 0.15) is 0 Å². The first kappa shape index (κ1) is 24.4. The fourth-order valence-electron chi connectivity index (χ4n) is 3.88. The minimum atomic E-state index is -0.481. The summed E-state index contributed by atoms with van der Waals surface area (Å²) in [6.45, 7) is 6.47. The van der Waals surface area contributed by atoms with E-state index in [0.29, 0.717) is 22.3 Å². The fraction of sp³-hybridized carbons (Fsp3) is 0.550. The van der Waals surface area contributed by atoms with Gasteiger partial charge in [-0.15, -0.1) is 0 Å². The molecule has 1 aromatic rings. The zero-order valence-electron chi connectivity index (χ0n) is 17.0. The Balaban J connectivity index is 0.00000392. The van der Waals surface area contributed by atoms with Crippen LogP contribution < -0.4 is 34.6 Å². The van der Waals surface area contributed by atoms with Crippen molar-refractivity contribution in [3.8, 4) is 0 Å². The number of carbonyl (C=O) groups excluding carboxylic acids is 3. The molecular weight excluding hydrogens is 473 g/mol. The summed E-state index contributed by atoms with van der Waals surface area (Å²) in [5.41, 5.74) is 1.63. The van der Waals surface area contributed by atoms with E-state index in [1.807, 2.05) is 19.9 Å². The Morgan fingerprint density at radius 3 is 2.61 bits per heavy atom. The average Bonchev–Trinajstić information content (AvgIpc) is 2.68. The number of benzene rings is 1. The second kappa shape index (κ2) is 10.8. The number of nitrogens with one attached hydrogen (secondary N) is 2. The Labute approximate surface area is 183 Å². The number of ether oxygens (including phenoxy) is 1. The van der Waals surface area contributed by atoms with Crippen LogP contribution in [-0.4, -0.2) is 62.6 Å². The highest BCUT2D eigenvalue weighted by molar-refractivity contribution is 6.02. The predicted molar refractivity (Wildman–Crippen MR) is 103 cm³/mol. The summed E-state index contributed by atoms with van der Waals surface area (Å²) in [6.07, 6.45) is 1.77. The van der Waals surface area contributed by atoms with Gasteiger partial charge < -0.3 is 43.8 Å². The number of hydrogen-bond donors (Lipinski definition) is 2. The van der Waals surface area contributed by atoms with Gasteiger partial charge in [-0.1, -0.05) is 12.1 Å². The van der Waals surface area contributed by atoms with Crippen molar-refractivity contribution in [1.82, 2.24) is 5.32 Å². The van der Waals surface area contributed by atoms with Crippen molar-refractivity contribution in [1.29, 1.82) is 0 Å². The van der Waals surface area contributed by atoms with Gasteiger partial charge in [-0.05, 0) is 38.3 Å². The number of para-hydroxylation sites is 1. The lowest BCUT2D eigenvalue weighted by Gasteiger charge is -2.42. The van der Waals surface area contributed by atoms with Gasteiger partial charge in [0, 0.05) is 7.05 Å². The van der Waals surface area contributed by atoms with Gasteiger partial charge in [0.2, 0.25) is 5.91 Å². The van der Waals surface area contributed by atoms with Crippen molar-refractivity contribution in [3.63, 3.8) is 0 Å². The molecule has 28 heavy (non-hydrogen) atoms. The van der Waals surface area contributed by atoms with Crippen LogP contribution in [0.4, 0.5) is 5.69 Å². The zero-order valence-corrected chi connectivity index (χ0v) is 19.2. The highest BCUT2D eigenvalue weighted by Crippen LogP contribution is 2.25. The summed E-state index contributed by atoms with van der Waals surface area (Å²) in [5.74, 6) is -0.668. The molecule has 0 spiro atoms. The molecule has 156 valence electrons. The average molecular weight is 503 g/mol. The van der Waals surface area contributed by atoms with Crippen LogP contribution in [0, 0.1) is 12.8 Å². The minimum absolute atomic E-state index is 0. The van der Waals surface area contributed by atoms with Crippen LogP contribution in [0.15, 0.2) is 18.2 Å². The molecule has 1 heterocycles. The molecular formula is C20H30IN3O4. The van der Waals surface area contributed by atoms with E-state index in [1.165, 1.54) is 7.11 Å². The molecule has 0 radical (unpaired) electrons. The molecule has 1 saturated heterocycles. The molecule has 1 aliphatic rings. The molecule has 8 heteroatoms. The summed E-state index contributed by atoms with van der Waals surface area (Å²) in [6, 6.07) is 5.24. The summed E-state index contributed by atoms with van der Waals surface area (Å²) < 4.78 is 5.39. The van der Waals surface area contributed by atoms with E-state index in [0.717, 1.165) is 31.5 Å². The molecule has 0 bridgehead atoms. The van der Waals surface area contributed by atoms with Crippen LogP contribution in [0.5, 0.6) is 0 Å². The smallest absolute Gasteiger partial charge is 0.339 e. The van der Waals surface area contributed by atoms with Crippen molar-refractivity contribution in [2.45, 2.75) is 26.7 Å². The number of carbonyl (C=O) groups is 3. The summed E-state index contributed by atoms with van der Waals surface area (Å²) >= 11 is 0. The lowest BCUT2D eigenvalue weighted by molar-refractivity contribution is -0.925. The number of methoxy groups -OCH3 is 1. The Morgan fingerprint density at radius 1 is 1.29 bits per heavy atom. The number of halogens is 1. The number of piperidine rings is 1. The third-order valence-corrected chi connectivity index (χ3v) is 5.50. The van der Waals surface area contributed by atoms with Gasteiger partial charge in [0.15, 0.2) is 6.54 Å². The maximum absolute atomic E-state index is 12.8. The van der Waals surface area contributed by atoms with Gasteiger partial charge in [0.25, 0.3) is 5.91 Å². The molecule has 7 nitrogen and oxygen atoms in total. The van der Waals surface area contributed by atoms with Gasteiger partial charge in [-0.25, -0.2) is 4.79 Å². The second-order valence-electron chi connectivity index (χ2n) is 7.21. The molecule has 1 aromatic carbocycles. The number of amides is 2. The normalized spacial score (nSPS) is 21.2. The minimum Gasteiger partial charge on any atom is -1.00 e. The largest absolute Gasteiger partial charge is 1.00 e. The zero-order chi connectivity index (χ0) is 20.0. The number of likely N-dealkylation sites (N-methyl/N-ethyl adjacent to an activating group) is 1. The van der Waals surface area contributed by atoms with Gasteiger partial charge >= 0.3 is 5.97 Å². The van der Waals surface area contributed by atoms with Gasteiger partial charge in [0.05, 0.1) is 43.9 Å². The number of rotatable bonds is 6. The fourth-order valence-corrected chi connectivity index (χ4v) is 3.88. The number of anilines is 1. The third kappa shape index (κ3) is 5.66. The van der Waals surface area contributed by atoms with Crippen LogP contribution in [0.1, 0.15) is 35.7 Å². The maximum Gasteiger partial charge on any atom is 0.339 e. The van der Waals surface area contributed by atoms with E-state index >= 15 is 0 Å². The number of hydrogen-bond acceptors (Lipinski definition) is 4. The van der Waals surface area contributed by atoms with Crippen molar-refractivity contribution in [2.24, 2.45) is 5.92 Å².